The van der Waals surface area contributed by atoms with Crippen molar-refractivity contribution < 1.29 is 8.42 Å². The minimum absolute atomic E-state index is 0.103. The van der Waals surface area contributed by atoms with Crippen molar-refractivity contribution in [3.05, 3.63) is 29.3 Å². The van der Waals surface area contributed by atoms with Crippen molar-refractivity contribution in [1.82, 2.24) is 4.31 Å². The van der Waals surface area contributed by atoms with Crippen LogP contribution in [0.15, 0.2) is 29.2 Å². The van der Waals surface area contributed by atoms with Gasteiger partial charge in [-0.2, -0.15) is 4.31 Å². The fourth-order valence-corrected chi connectivity index (χ4v) is 6.33. The summed E-state index contributed by atoms with van der Waals surface area (Å²) in [5.74, 6) is 0. The summed E-state index contributed by atoms with van der Waals surface area (Å²) in [6.45, 7) is 7.34. The van der Waals surface area contributed by atoms with Crippen LogP contribution in [0.3, 0.4) is 0 Å². The molecule has 0 amide bonds. The average Bonchev–Trinajstić information content (AvgIpc) is 2.59. The zero-order chi connectivity index (χ0) is 15.5. The maximum Gasteiger partial charge on any atom is 0.243 e. The lowest BCUT2D eigenvalue weighted by Gasteiger charge is -2.39. The van der Waals surface area contributed by atoms with Crippen LogP contribution in [0.25, 0.3) is 0 Å². The molecular weight excluding hydrogens is 306 g/mol. The molecule has 0 N–H and O–H groups in total. The molecule has 0 radical (unpaired) electrons. The second-order valence-electron chi connectivity index (χ2n) is 7.72. The van der Waals surface area contributed by atoms with Gasteiger partial charge in [-0.1, -0.05) is 32.4 Å². The number of halogens is 1. The van der Waals surface area contributed by atoms with Crippen molar-refractivity contribution in [3.8, 4) is 0 Å². The number of sulfonamides is 1. The van der Waals surface area contributed by atoms with Crippen LogP contribution in [0.5, 0.6) is 0 Å². The Bertz CT molecular complexity index is 653. The Balaban J connectivity index is 1.96. The summed E-state index contributed by atoms with van der Waals surface area (Å²) in [6.07, 6.45) is 3.00. The van der Waals surface area contributed by atoms with E-state index in [0.29, 0.717) is 16.5 Å². The number of fused-ring (bicyclic) bond motifs is 2. The van der Waals surface area contributed by atoms with Crippen LogP contribution in [0.1, 0.15) is 40.0 Å². The molecule has 3 rings (SSSR count). The Labute approximate surface area is 132 Å². The van der Waals surface area contributed by atoms with E-state index in [2.05, 4.69) is 20.8 Å². The molecule has 0 unspecified atom stereocenters. The van der Waals surface area contributed by atoms with Gasteiger partial charge >= 0.3 is 0 Å². The second kappa shape index (κ2) is 4.71. The van der Waals surface area contributed by atoms with Crippen LogP contribution in [0, 0.1) is 10.8 Å². The third-order valence-corrected chi connectivity index (χ3v) is 6.95. The quantitative estimate of drug-likeness (QED) is 0.825. The fourth-order valence-electron chi connectivity index (χ4n) is 4.43. The zero-order valence-corrected chi connectivity index (χ0v) is 14.3. The van der Waals surface area contributed by atoms with Gasteiger partial charge in [0.1, 0.15) is 0 Å². The van der Waals surface area contributed by atoms with Crippen LogP contribution < -0.4 is 0 Å². The van der Waals surface area contributed by atoms with Gasteiger partial charge in [0.15, 0.2) is 0 Å². The first-order valence-electron chi connectivity index (χ1n) is 7.39. The standard InChI is InChI=1S/C16H22ClNO2S/c1-15(2)8-13-9-16(3,10-15)11-18(13)21(19,20)14-6-4-12(17)5-7-14/h4-7,13H,8-11H2,1-3H3/t13-,16-/m1/s1. The van der Waals surface area contributed by atoms with E-state index in [1.807, 2.05) is 0 Å². The van der Waals surface area contributed by atoms with Crippen molar-refractivity contribution in [2.24, 2.45) is 10.8 Å². The number of benzene rings is 1. The van der Waals surface area contributed by atoms with E-state index in [1.165, 1.54) is 0 Å². The smallest absolute Gasteiger partial charge is 0.207 e. The molecule has 116 valence electrons. The Hall–Kier alpha value is -0.580. The minimum Gasteiger partial charge on any atom is -0.207 e. The summed E-state index contributed by atoms with van der Waals surface area (Å²) in [5, 5.41) is 0.558. The van der Waals surface area contributed by atoms with E-state index in [9.17, 15) is 8.42 Å². The Morgan fingerprint density at radius 2 is 1.76 bits per heavy atom. The Morgan fingerprint density at radius 3 is 2.38 bits per heavy atom. The van der Waals surface area contributed by atoms with Crippen molar-refractivity contribution in [3.63, 3.8) is 0 Å². The average molecular weight is 328 g/mol. The highest BCUT2D eigenvalue weighted by atomic mass is 35.5. The molecule has 2 fully saturated rings. The van der Waals surface area contributed by atoms with Gasteiger partial charge in [0.2, 0.25) is 10.0 Å². The molecule has 1 saturated carbocycles. The van der Waals surface area contributed by atoms with E-state index in [-0.39, 0.29) is 16.9 Å². The highest BCUT2D eigenvalue weighted by Gasteiger charge is 2.53. The molecular formula is C16H22ClNO2S. The molecule has 0 spiro atoms. The van der Waals surface area contributed by atoms with Crippen LogP contribution in [0.4, 0.5) is 0 Å². The molecule has 2 atom stereocenters. The van der Waals surface area contributed by atoms with Crippen molar-refractivity contribution in [1.29, 1.82) is 0 Å². The molecule has 2 bridgehead atoms. The normalized spacial score (nSPS) is 32.3. The lowest BCUT2D eigenvalue weighted by molar-refractivity contribution is 0.133. The van der Waals surface area contributed by atoms with E-state index in [1.54, 1.807) is 28.6 Å². The largest absolute Gasteiger partial charge is 0.243 e. The lowest BCUT2D eigenvalue weighted by atomic mass is 9.65. The van der Waals surface area contributed by atoms with Crippen LogP contribution in [-0.2, 0) is 10.0 Å². The van der Waals surface area contributed by atoms with Gasteiger partial charge in [-0.25, -0.2) is 8.42 Å². The third-order valence-electron chi connectivity index (χ3n) is 4.79. The van der Waals surface area contributed by atoms with Crippen LogP contribution in [-0.4, -0.2) is 25.3 Å². The molecule has 1 aromatic rings. The summed E-state index contributed by atoms with van der Waals surface area (Å²) in [6, 6.07) is 6.62. The van der Waals surface area contributed by atoms with Crippen molar-refractivity contribution in [2.45, 2.75) is 51.0 Å². The molecule has 1 aromatic carbocycles. The molecule has 3 nitrogen and oxygen atoms in total. The number of hydrogen-bond donors (Lipinski definition) is 0. The second-order valence-corrected chi connectivity index (χ2v) is 10.0. The minimum atomic E-state index is -3.42. The molecule has 1 aliphatic heterocycles. The monoisotopic (exact) mass is 327 g/mol. The first-order chi connectivity index (χ1) is 9.61. The SMILES string of the molecule is CC1(C)C[C@@H]2C[C@@](C)(CN2S(=O)(=O)c2ccc(Cl)cc2)C1. The molecule has 1 heterocycles. The van der Waals surface area contributed by atoms with Gasteiger partial charge in [0.05, 0.1) is 4.90 Å². The van der Waals surface area contributed by atoms with Gasteiger partial charge < -0.3 is 0 Å². The summed E-state index contributed by atoms with van der Waals surface area (Å²) in [4.78, 5) is 0.348. The summed E-state index contributed by atoms with van der Waals surface area (Å²) >= 11 is 5.86. The highest BCUT2D eigenvalue weighted by Crippen LogP contribution is 2.53. The summed E-state index contributed by atoms with van der Waals surface area (Å²) in [7, 11) is -3.42. The van der Waals surface area contributed by atoms with Gasteiger partial charge in [-0.15, -0.1) is 0 Å². The fraction of sp³-hybridized carbons (Fsp3) is 0.625. The maximum atomic E-state index is 12.9. The van der Waals surface area contributed by atoms with Crippen LogP contribution in [0.2, 0.25) is 5.02 Å². The van der Waals surface area contributed by atoms with E-state index < -0.39 is 10.0 Å². The van der Waals surface area contributed by atoms with Crippen molar-refractivity contribution >= 4 is 21.6 Å². The van der Waals surface area contributed by atoms with E-state index in [0.717, 1.165) is 19.3 Å². The lowest BCUT2D eigenvalue weighted by Crippen LogP contribution is -2.37. The zero-order valence-electron chi connectivity index (χ0n) is 12.8. The van der Waals surface area contributed by atoms with Gasteiger partial charge in [0, 0.05) is 17.6 Å². The summed E-state index contributed by atoms with van der Waals surface area (Å²) in [5.41, 5.74) is 0.313. The predicted molar refractivity (Wildman–Crippen MR) is 84.9 cm³/mol. The number of nitrogens with zero attached hydrogens (tertiary/aromatic N) is 1. The third kappa shape index (κ3) is 2.73. The topological polar surface area (TPSA) is 37.4 Å². The van der Waals surface area contributed by atoms with E-state index in [4.69, 9.17) is 11.6 Å². The van der Waals surface area contributed by atoms with Gasteiger partial charge in [0.25, 0.3) is 0 Å². The molecule has 0 aromatic heterocycles. The number of rotatable bonds is 2. The van der Waals surface area contributed by atoms with Gasteiger partial charge in [-0.3, -0.25) is 0 Å². The number of hydrogen-bond acceptors (Lipinski definition) is 2. The predicted octanol–water partition coefficient (Wildman–Crippen LogP) is 3.93. The molecule has 1 aliphatic carbocycles. The van der Waals surface area contributed by atoms with E-state index >= 15 is 0 Å². The van der Waals surface area contributed by atoms with Gasteiger partial charge in [-0.05, 0) is 54.4 Å². The van der Waals surface area contributed by atoms with Crippen LogP contribution >= 0.6 is 11.6 Å². The molecule has 21 heavy (non-hydrogen) atoms. The Morgan fingerprint density at radius 1 is 1.14 bits per heavy atom. The molecule has 2 aliphatic rings. The molecule has 5 heteroatoms. The molecule has 1 saturated heterocycles. The first kappa shape index (κ1) is 15.3. The Kier molecular flexibility index (Phi) is 3.43. The maximum absolute atomic E-state index is 12.9. The first-order valence-corrected chi connectivity index (χ1v) is 9.21. The highest BCUT2D eigenvalue weighted by molar-refractivity contribution is 7.89. The summed E-state index contributed by atoms with van der Waals surface area (Å²) < 4.78 is 27.6. The van der Waals surface area contributed by atoms with Crippen molar-refractivity contribution in [2.75, 3.05) is 6.54 Å².